The van der Waals surface area contributed by atoms with E-state index >= 15 is 0 Å². The molecule has 2 heterocycles. The Morgan fingerprint density at radius 1 is 1.31 bits per heavy atom. The molecule has 4 rings (SSSR count). The van der Waals surface area contributed by atoms with E-state index in [2.05, 4.69) is 16.9 Å². The second kappa shape index (κ2) is 7.27. The van der Waals surface area contributed by atoms with Gasteiger partial charge >= 0.3 is 0 Å². The highest BCUT2D eigenvalue weighted by Gasteiger charge is 2.43. The molecule has 2 aromatic rings. The lowest BCUT2D eigenvalue weighted by Crippen LogP contribution is -2.33. The second-order valence-electron chi connectivity index (χ2n) is 7.98. The Morgan fingerprint density at radius 3 is 2.69 bits per heavy atom. The van der Waals surface area contributed by atoms with Crippen molar-refractivity contribution in [1.29, 1.82) is 5.41 Å². The van der Waals surface area contributed by atoms with Crippen LogP contribution in [0.2, 0.25) is 0 Å². The number of nitrogen functional groups attached to an aromatic ring is 1. The average Bonchev–Trinajstić information content (AvgIpc) is 3.46. The van der Waals surface area contributed by atoms with Crippen LogP contribution < -0.4 is 15.4 Å². The fourth-order valence-electron chi connectivity index (χ4n) is 3.80. The number of nitrogens with one attached hydrogen (secondary N) is 1. The summed E-state index contributed by atoms with van der Waals surface area (Å²) >= 11 is 0. The van der Waals surface area contributed by atoms with Crippen molar-refractivity contribution in [3.05, 3.63) is 41.9 Å². The zero-order chi connectivity index (χ0) is 20.8. The molecule has 0 amide bonds. The molecule has 0 bridgehead atoms. The Balaban J connectivity index is 1.60. The highest BCUT2D eigenvalue weighted by atomic mass is 16.5. The molecular formula is C21H27N5O3. The fraction of sp³-hybridized carbons (Fsp3) is 0.476. The van der Waals surface area contributed by atoms with E-state index in [0.717, 1.165) is 19.3 Å². The Bertz CT molecular complexity index is 930. The fourth-order valence-corrected chi connectivity index (χ4v) is 3.80. The van der Waals surface area contributed by atoms with Crippen LogP contribution in [0.25, 0.3) is 0 Å². The topological polar surface area (TPSA) is 129 Å². The molecule has 0 radical (unpaired) electrons. The molecule has 1 aromatic carbocycles. The number of rotatable bonds is 6. The molecule has 0 spiro atoms. The summed E-state index contributed by atoms with van der Waals surface area (Å²) in [7, 11) is 0. The largest absolute Gasteiger partial charge is 0.487 e. The van der Waals surface area contributed by atoms with E-state index < -0.39 is 12.2 Å². The van der Waals surface area contributed by atoms with Crippen molar-refractivity contribution in [3.8, 4) is 5.75 Å². The van der Waals surface area contributed by atoms with Gasteiger partial charge in [-0.2, -0.15) is 0 Å². The highest BCUT2D eigenvalue weighted by molar-refractivity contribution is 6.13. The zero-order valence-electron chi connectivity index (χ0n) is 16.7. The van der Waals surface area contributed by atoms with Gasteiger partial charge in [0.1, 0.15) is 29.6 Å². The minimum atomic E-state index is -0.842. The summed E-state index contributed by atoms with van der Waals surface area (Å²) < 4.78 is 6.14. The molecule has 1 saturated carbocycles. The van der Waals surface area contributed by atoms with Crippen molar-refractivity contribution < 1.29 is 14.9 Å². The quantitative estimate of drug-likeness (QED) is 0.431. The predicted octanol–water partition coefficient (Wildman–Crippen LogP) is 1.73. The molecule has 8 nitrogen and oxygen atoms in total. The maximum absolute atomic E-state index is 10.0. The zero-order valence-corrected chi connectivity index (χ0v) is 16.7. The van der Waals surface area contributed by atoms with Crippen LogP contribution in [0, 0.1) is 5.41 Å². The molecule has 1 aromatic heterocycles. The standard InChI is InChI=1S/C21H27N5O3/c1-3-21(6-7-21)29-13-4-5-15(22)14(8-13)19(23)16-9-18(25-11-24-16)26-10-17(27)20(28)12(26)2/h4-5,8-9,11-12,17,20,23,27-28H,3,6-7,10,22H2,1-2H3/t12-,17-,20-/m0/s1. The van der Waals surface area contributed by atoms with Crippen molar-refractivity contribution in [2.45, 2.75) is 57.0 Å². The van der Waals surface area contributed by atoms with E-state index in [1.807, 2.05) is 17.9 Å². The number of aliphatic hydroxyl groups is 2. The lowest BCUT2D eigenvalue weighted by Gasteiger charge is -2.23. The van der Waals surface area contributed by atoms with Gasteiger partial charge < -0.3 is 25.6 Å². The summed E-state index contributed by atoms with van der Waals surface area (Å²) in [6, 6.07) is 6.78. The van der Waals surface area contributed by atoms with Gasteiger partial charge in [0.15, 0.2) is 0 Å². The van der Waals surface area contributed by atoms with Gasteiger partial charge in [-0.25, -0.2) is 9.97 Å². The van der Waals surface area contributed by atoms with E-state index in [4.69, 9.17) is 15.9 Å². The predicted molar refractivity (Wildman–Crippen MR) is 111 cm³/mol. The summed E-state index contributed by atoms with van der Waals surface area (Å²) in [6.07, 6.45) is 2.75. The number of nitrogens with two attached hydrogens (primary N) is 1. The van der Waals surface area contributed by atoms with E-state index in [9.17, 15) is 10.2 Å². The van der Waals surface area contributed by atoms with Gasteiger partial charge in [0.25, 0.3) is 0 Å². The SMILES string of the molecule is CCC1(Oc2ccc(N)c(C(=N)c3cc(N4C[C@H](O)[C@@H](O)[C@@H]4C)ncn3)c2)CC1. The van der Waals surface area contributed by atoms with Gasteiger partial charge in [-0.15, -0.1) is 0 Å². The minimum Gasteiger partial charge on any atom is -0.487 e. The first-order valence-electron chi connectivity index (χ1n) is 9.96. The molecule has 29 heavy (non-hydrogen) atoms. The van der Waals surface area contributed by atoms with E-state index in [1.165, 1.54) is 6.33 Å². The van der Waals surface area contributed by atoms with Gasteiger partial charge in [-0.1, -0.05) is 6.92 Å². The Hall–Kier alpha value is -2.71. The van der Waals surface area contributed by atoms with Crippen molar-refractivity contribution in [2.75, 3.05) is 17.2 Å². The molecule has 3 atom stereocenters. The summed E-state index contributed by atoms with van der Waals surface area (Å²) in [4.78, 5) is 10.3. The van der Waals surface area contributed by atoms with Crippen LogP contribution in [0.1, 0.15) is 44.4 Å². The van der Waals surface area contributed by atoms with E-state index in [-0.39, 0.29) is 23.9 Å². The van der Waals surface area contributed by atoms with Crippen LogP contribution in [0.5, 0.6) is 5.75 Å². The second-order valence-corrected chi connectivity index (χ2v) is 7.98. The van der Waals surface area contributed by atoms with Crippen LogP contribution in [-0.2, 0) is 0 Å². The highest BCUT2D eigenvalue weighted by Crippen LogP contribution is 2.43. The third kappa shape index (κ3) is 3.65. The summed E-state index contributed by atoms with van der Waals surface area (Å²) in [5.74, 6) is 1.25. The van der Waals surface area contributed by atoms with Gasteiger partial charge in [-0.3, -0.25) is 5.41 Å². The lowest BCUT2D eigenvalue weighted by atomic mass is 10.0. The molecule has 2 aliphatic rings. The van der Waals surface area contributed by atoms with E-state index in [0.29, 0.717) is 28.5 Å². The van der Waals surface area contributed by atoms with Gasteiger partial charge in [0.05, 0.1) is 23.6 Å². The monoisotopic (exact) mass is 397 g/mol. The maximum Gasteiger partial charge on any atom is 0.133 e. The first kappa shape index (κ1) is 19.6. The van der Waals surface area contributed by atoms with Gasteiger partial charge in [0.2, 0.25) is 0 Å². The summed E-state index contributed by atoms with van der Waals surface area (Å²) in [6.45, 7) is 4.22. The first-order valence-corrected chi connectivity index (χ1v) is 9.96. The summed E-state index contributed by atoms with van der Waals surface area (Å²) in [5.41, 5.74) is 7.68. The van der Waals surface area contributed by atoms with Gasteiger partial charge in [0, 0.05) is 23.9 Å². The number of benzene rings is 1. The van der Waals surface area contributed by atoms with Crippen molar-refractivity contribution in [3.63, 3.8) is 0 Å². The number of β-amino-alcohol motifs (C(OH)–C–C–N with tert-alkyl or cyclic N) is 1. The van der Waals surface area contributed by atoms with Crippen LogP contribution in [-0.4, -0.2) is 56.3 Å². The molecule has 154 valence electrons. The minimum absolute atomic E-state index is 0.0782. The average molecular weight is 397 g/mol. The van der Waals surface area contributed by atoms with Crippen molar-refractivity contribution >= 4 is 17.2 Å². The number of aliphatic hydroxyl groups excluding tert-OH is 2. The maximum atomic E-state index is 10.0. The summed E-state index contributed by atoms with van der Waals surface area (Å²) in [5, 5.41) is 28.6. The molecule has 1 aliphatic carbocycles. The lowest BCUT2D eigenvalue weighted by molar-refractivity contribution is 0.0438. The molecule has 2 fully saturated rings. The van der Waals surface area contributed by atoms with Crippen LogP contribution in [0.4, 0.5) is 11.5 Å². The first-order chi connectivity index (χ1) is 13.8. The van der Waals surface area contributed by atoms with Gasteiger partial charge in [-0.05, 0) is 44.4 Å². The number of hydrogen-bond donors (Lipinski definition) is 4. The molecule has 0 unspecified atom stereocenters. The van der Waals surface area contributed by atoms with Crippen LogP contribution in [0.15, 0.2) is 30.6 Å². The Kier molecular flexibility index (Phi) is 4.92. The number of anilines is 2. The van der Waals surface area contributed by atoms with Crippen LogP contribution >= 0.6 is 0 Å². The third-order valence-corrected chi connectivity index (χ3v) is 6.05. The number of nitrogens with zero attached hydrogens (tertiary/aromatic N) is 3. The Labute approximate surface area is 169 Å². The number of aromatic nitrogens is 2. The van der Waals surface area contributed by atoms with Crippen LogP contribution in [0.3, 0.4) is 0 Å². The molecule has 5 N–H and O–H groups in total. The molecule has 1 saturated heterocycles. The number of ether oxygens (including phenoxy) is 1. The molecule has 1 aliphatic heterocycles. The normalized spacial score (nSPS) is 25.1. The molecule has 8 heteroatoms. The number of hydrogen-bond acceptors (Lipinski definition) is 8. The van der Waals surface area contributed by atoms with E-state index in [1.54, 1.807) is 18.2 Å². The smallest absolute Gasteiger partial charge is 0.133 e. The third-order valence-electron chi connectivity index (χ3n) is 6.05. The van der Waals surface area contributed by atoms with Crippen molar-refractivity contribution in [2.24, 2.45) is 0 Å². The Morgan fingerprint density at radius 2 is 2.07 bits per heavy atom. The van der Waals surface area contributed by atoms with Crippen molar-refractivity contribution in [1.82, 2.24) is 9.97 Å². The molecular weight excluding hydrogens is 370 g/mol.